The molecule has 3 heteroatoms. The maximum absolute atomic E-state index is 4.94. The van der Waals surface area contributed by atoms with Crippen molar-refractivity contribution in [3.8, 4) is 0 Å². The normalized spacial score (nSPS) is 10.4. The molecule has 0 saturated carbocycles. The monoisotopic (exact) mass is 211 g/mol. The van der Waals surface area contributed by atoms with E-state index in [1.165, 1.54) is 4.90 Å². The van der Waals surface area contributed by atoms with Crippen LogP contribution in [0.4, 0.5) is 0 Å². The number of nitrogens with one attached hydrogen (secondary N) is 1. The third-order valence-corrected chi connectivity index (χ3v) is 2.79. The fraction of sp³-hybridized carbons (Fsp3) is 0.455. The second kappa shape index (κ2) is 7.85. The predicted octanol–water partition coefficient (Wildman–Crippen LogP) is 2.01. The van der Waals surface area contributed by atoms with Gasteiger partial charge in [0.05, 0.1) is 6.61 Å². The molecule has 1 rings (SSSR count). The highest BCUT2D eigenvalue weighted by Gasteiger charge is 1.91. The Hall–Kier alpha value is -0.510. The molecule has 0 atom stereocenters. The average Bonchev–Trinajstić information content (AvgIpc) is 2.25. The standard InChI is InChI=1S/C11H17NOS/c1-13-9-7-12-8-10-14-11-5-3-2-4-6-11/h2-6,12H,7-10H2,1H3. The number of hydrogen-bond donors (Lipinski definition) is 1. The lowest BCUT2D eigenvalue weighted by atomic mass is 10.4. The fourth-order valence-electron chi connectivity index (χ4n) is 1.06. The third kappa shape index (κ3) is 5.27. The average molecular weight is 211 g/mol. The van der Waals surface area contributed by atoms with Crippen molar-refractivity contribution >= 4 is 11.8 Å². The van der Waals surface area contributed by atoms with Gasteiger partial charge in [0, 0.05) is 30.8 Å². The van der Waals surface area contributed by atoms with E-state index in [0.717, 1.165) is 25.4 Å². The lowest BCUT2D eigenvalue weighted by molar-refractivity contribution is 0.200. The van der Waals surface area contributed by atoms with Crippen molar-refractivity contribution in [2.75, 3.05) is 32.6 Å². The molecule has 1 aromatic carbocycles. The van der Waals surface area contributed by atoms with Gasteiger partial charge in [0.25, 0.3) is 0 Å². The van der Waals surface area contributed by atoms with E-state index in [9.17, 15) is 0 Å². The first kappa shape index (κ1) is 11.6. The summed E-state index contributed by atoms with van der Waals surface area (Å²) in [5.41, 5.74) is 0. The topological polar surface area (TPSA) is 21.3 Å². The molecule has 1 N–H and O–H groups in total. The van der Waals surface area contributed by atoms with Crippen molar-refractivity contribution in [3.63, 3.8) is 0 Å². The summed E-state index contributed by atoms with van der Waals surface area (Å²) < 4.78 is 4.94. The Morgan fingerprint density at radius 1 is 1.21 bits per heavy atom. The Morgan fingerprint density at radius 3 is 2.71 bits per heavy atom. The van der Waals surface area contributed by atoms with Crippen molar-refractivity contribution in [2.45, 2.75) is 4.90 Å². The molecule has 0 aliphatic heterocycles. The number of hydrogen-bond acceptors (Lipinski definition) is 3. The first-order valence-electron chi connectivity index (χ1n) is 4.81. The van der Waals surface area contributed by atoms with Crippen LogP contribution in [0.5, 0.6) is 0 Å². The van der Waals surface area contributed by atoms with E-state index in [0.29, 0.717) is 0 Å². The van der Waals surface area contributed by atoms with Gasteiger partial charge < -0.3 is 10.1 Å². The number of methoxy groups -OCH3 is 1. The SMILES string of the molecule is COCCNCCSc1ccccc1. The maximum Gasteiger partial charge on any atom is 0.0587 e. The Bertz CT molecular complexity index is 228. The molecule has 0 saturated heterocycles. The van der Waals surface area contributed by atoms with Gasteiger partial charge in [-0.3, -0.25) is 0 Å². The molecule has 0 aliphatic carbocycles. The first-order valence-corrected chi connectivity index (χ1v) is 5.79. The molecule has 0 aromatic heterocycles. The maximum atomic E-state index is 4.94. The van der Waals surface area contributed by atoms with Crippen molar-refractivity contribution in [1.29, 1.82) is 0 Å². The molecule has 14 heavy (non-hydrogen) atoms. The summed E-state index contributed by atoms with van der Waals surface area (Å²) in [7, 11) is 1.72. The minimum absolute atomic E-state index is 0.788. The summed E-state index contributed by atoms with van der Waals surface area (Å²) in [4.78, 5) is 1.33. The van der Waals surface area contributed by atoms with E-state index in [1.54, 1.807) is 7.11 Å². The first-order chi connectivity index (χ1) is 6.93. The summed E-state index contributed by atoms with van der Waals surface area (Å²) in [6, 6.07) is 10.5. The quantitative estimate of drug-likeness (QED) is 0.551. The Morgan fingerprint density at radius 2 is 2.00 bits per heavy atom. The lowest BCUT2D eigenvalue weighted by Gasteiger charge is -2.03. The minimum Gasteiger partial charge on any atom is -0.383 e. The molecular weight excluding hydrogens is 194 g/mol. The van der Waals surface area contributed by atoms with E-state index in [4.69, 9.17) is 4.74 Å². The van der Waals surface area contributed by atoms with Crippen LogP contribution in [0.15, 0.2) is 35.2 Å². The number of rotatable bonds is 7. The highest BCUT2D eigenvalue weighted by Crippen LogP contribution is 2.15. The molecule has 0 fully saturated rings. The van der Waals surface area contributed by atoms with Gasteiger partial charge in [0.2, 0.25) is 0 Å². The lowest BCUT2D eigenvalue weighted by Crippen LogP contribution is -2.21. The van der Waals surface area contributed by atoms with Crippen LogP contribution in [-0.4, -0.2) is 32.6 Å². The molecule has 0 unspecified atom stereocenters. The smallest absolute Gasteiger partial charge is 0.0587 e. The highest BCUT2D eigenvalue weighted by molar-refractivity contribution is 7.99. The Labute approximate surface area is 90.0 Å². The van der Waals surface area contributed by atoms with Crippen LogP contribution in [-0.2, 0) is 4.74 Å². The van der Waals surface area contributed by atoms with E-state index in [1.807, 2.05) is 17.8 Å². The number of thioether (sulfide) groups is 1. The Balaban J connectivity index is 1.99. The van der Waals surface area contributed by atoms with Crippen LogP contribution < -0.4 is 5.32 Å². The molecule has 1 aromatic rings. The van der Waals surface area contributed by atoms with Gasteiger partial charge >= 0.3 is 0 Å². The van der Waals surface area contributed by atoms with Crippen LogP contribution in [0.3, 0.4) is 0 Å². The van der Waals surface area contributed by atoms with Gasteiger partial charge in [-0.25, -0.2) is 0 Å². The van der Waals surface area contributed by atoms with Crippen LogP contribution in [0.25, 0.3) is 0 Å². The molecular formula is C11H17NOS. The number of benzene rings is 1. The summed E-state index contributed by atoms with van der Waals surface area (Å²) in [6.07, 6.45) is 0. The van der Waals surface area contributed by atoms with Gasteiger partial charge in [0.1, 0.15) is 0 Å². The molecule has 0 radical (unpaired) electrons. The van der Waals surface area contributed by atoms with Crippen LogP contribution in [0.2, 0.25) is 0 Å². The van der Waals surface area contributed by atoms with Crippen molar-refractivity contribution in [3.05, 3.63) is 30.3 Å². The second-order valence-electron chi connectivity index (χ2n) is 2.90. The second-order valence-corrected chi connectivity index (χ2v) is 4.07. The van der Waals surface area contributed by atoms with Crippen LogP contribution >= 0.6 is 11.8 Å². The minimum atomic E-state index is 0.788. The Kier molecular flexibility index (Phi) is 6.49. The van der Waals surface area contributed by atoms with Crippen LogP contribution in [0, 0.1) is 0 Å². The zero-order valence-electron chi connectivity index (χ0n) is 8.53. The molecule has 0 bridgehead atoms. The van der Waals surface area contributed by atoms with Crippen molar-refractivity contribution < 1.29 is 4.74 Å². The molecule has 0 spiro atoms. The fourth-order valence-corrected chi connectivity index (χ4v) is 1.89. The van der Waals surface area contributed by atoms with Gasteiger partial charge in [0.15, 0.2) is 0 Å². The van der Waals surface area contributed by atoms with Crippen LogP contribution in [0.1, 0.15) is 0 Å². The molecule has 78 valence electrons. The van der Waals surface area contributed by atoms with Crippen molar-refractivity contribution in [2.24, 2.45) is 0 Å². The molecule has 0 amide bonds. The zero-order chi connectivity index (χ0) is 10.1. The molecule has 0 aliphatic rings. The van der Waals surface area contributed by atoms with E-state index in [2.05, 4.69) is 29.6 Å². The van der Waals surface area contributed by atoms with Gasteiger partial charge in [-0.15, -0.1) is 11.8 Å². The van der Waals surface area contributed by atoms with E-state index >= 15 is 0 Å². The van der Waals surface area contributed by atoms with E-state index < -0.39 is 0 Å². The predicted molar refractivity (Wildman–Crippen MR) is 61.9 cm³/mol. The molecule has 0 heterocycles. The largest absolute Gasteiger partial charge is 0.383 e. The summed E-state index contributed by atoms with van der Waals surface area (Å²) in [6.45, 7) is 2.75. The number of ether oxygens (including phenoxy) is 1. The van der Waals surface area contributed by atoms with Gasteiger partial charge in [-0.05, 0) is 12.1 Å². The van der Waals surface area contributed by atoms with Crippen molar-refractivity contribution in [1.82, 2.24) is 5.32 Å². The third-order valence-electron chi connectivity index (χ3n) is 1.77. The molecule has 2 nitrogen and oxygen atoms in total. The zero-order valence-corrected chi connectivity index (χ0v) is 9.35. The van der Waals surface area contributed by atoms with Gasteiger partial charge in [-0.2, -0.15) is 0 Å². The van der Waals surface area contributed by atoms with E-state index in [-0.39, 0.29) is 0 Å². The highest BCUT2D eigenvalue weighted by atomic mass is 32.2. The summed E-state index contributed by atoms with van der Waals surface area (Å²) in [5, 5.41) is 3.31. The summed E-state index contributed by atoms with van der Waals surface area (Å²) >= 11 is 1.88. The van der Waals surface area contributed by atoms with Gasteiger partial charge in [-0.1, -0.05) is 18.2 Å². The summed E-state index contributed by atoms with van der Waals surface area (Å²) in [5.74, 6) is 1.10.